The van der Waals surface area contributed by atoms with Gasteiger partial charge in [-0.1, -0.05) is 103 Å². The molecule has 1 aromatic rings. The van der Waals surface area contributed by atoms with E-state index in [0.29, 0.717) is 0 Å². The number of rotatable bonds is 19. The monoisotopic (exact) mass is 403 g/mol. The Kier molecular flexibility index (Phi) is 16.0. The van der Waals surface area contributed by atoms with Crippen molar-refractivity contribution in [3.05, 3.63) is 29.3 Å². The quantitative estimate of drug-likeness (QED) is 0.235. The summed E-state index contributed by atoms with van der Waals surface area (Å²) in [5, 5.41) is 3.56. The zero-order valence-corrected chi connectivity index (χ0v) is 20.0. The van der Waals surface area contributed by atoms with Crippen molar-refractivity contribution in [1.82, 2.24) is 5.32 Å². The second kappa shape index (κ2) is 17.8. The maximum atomic E-state index is 6.09. The second-order valence-corrected chi connectivity index (χ2v) is 9.00. The molecule has 0 radical (unpaired) electrons. The Labute approximate surface area is 182 Å². The number of benzene rings is 1. The molecular weight excluding hydrogens is 354 g/mol. The minimum absolute atomic E-state index is 0.210. The fraction of sp³-hybridized carbons (Fsp3) is 0.778. The summed E-state index contributed by atoms with van der Waals surface area (Å²) in [5.74, 6) is 1.02. The molecule has 0 saturated carbocycles. The summed E-state index contributed by atoms with van der Waals surface area (Å²) in [6.45, 7) is 10.7. The number of hydrogen-bond acceptors (Lipinski definition) is 2. The summed E-state index contributed by atoms with van der Waals surface area (Å²) in [7, 11) is 0. The van der Waals surface area contributed by atoms with Crippen LogP contribution in [0, 0.1) is 13.8 Å². The van der Waals surface area contributed by atoms with Crippen molar-refractivity contribution in [2.45, 2.75) is 124 Å². The van der Waals surface area contributed by atoms with Crippen LogP contribution in [0.15, 0.2) is 18.2 Å². The maximum Gasteiger partial charge on any atom is 0.122 e. The van der Waals surface area contributed by atoms with Gasteiger partial charge in [0.2, 0.25) is 0 Å². The van der Waals surface area contributed by atoms with Gasteiger partial charge in [-0.3, -0.25) is 0 Å². The molecule has 1 unspecified atom stereocenters. The van der Waals surface area contributed by atoms with Crippen molar-refractivity contribution in [2.75, 3.05) is 13.1 Å². The van der Waals surface area contributed by atoms with Crippen LogP contribution in [-0.4, -0.2) is 19.2 Å². The Bertz CT molecular complexity index is 499. The molecule has 0 heterocycles. The molecule has 1 aromatic carbocycles. The molecule has 0 aliphatic carbocycles. The van der Waals surface area contributed by atoms with Crippen LogP contribution in [-0.2, 0) is 0 Å². The molecule has 0 amide bonds. The van der Waals surface area contributed by atoms with Gasteiger partial charge in [0.15, 0.2) is 0 Å². The van der Waals surface area contributed by atoms with E-state index in [2.05, 4.69) is 51.2 Å². The summed E-state index contributed by atoms with van der Waals surface area (Å²) in [4.78, 5) is 0. The molecule has 29 heavy (non-hydrogen) atoms. The van der Waals surface area contributed by atoms with Crippen molar-refractivity contribution >= 4 is 0 Å². The largest absolute Gasteiger partial charge is 0.489 e. The van der Waals surface area contributed by atoms with E-state index in [1.807, 2.05) is 0 Å². The van der Waals surface area contributed by atoms with Crippen LogP contribution in [0.4, 0.5) is 0 Å². The van der Waals surface area contributed by atoms with Crippen LogP contribution < -0.4 is 10.1 Å². The standard InChI is InChI=1S/C27H49NO/c1-5-6-7-8-9-10-11-12-13-14-15-16-17-18-21-28-23-26(4)29-27-22-24(2)19-20-25(27)3/h19-20,22,26,28H,5-18,21,23H2,1-4H3. The third kappa shape index (κ3) is 14.6. The fourth-order valence-electron chi connectivity index (χ4n) is 3.84. The Hall–Kier alpha value is -1.02. The molecule has 1 atom stereocenters. The third-order valence-corrected chi connectivity index (χ3v) is 5.81. The predicted molar refractivity (Wildman–Crippen MR) is 129 cm³/mol. The molecule has 1 N–H and O–H groups in total. The molecule has 0 spiro atoms. The normalized spacial score (nSPS) is 12.3. The molecule has 2 nitrogen and oxygen atoms in total. The van der Waals surface area contributed by atoms with Crippen molar-refractivity contribution in [2.24, 2.45) is 0 Å². The van der Waals surface area contributed by atoms with E-state index in [1.165, 1.54) is 101 Å². The van der Waals surface area contributed by atoms with Crippen LogP contribution in [0.1, 0.15) is 115 Å². The van der Waals surface area contributed by atoms with Crippen molar-refractivity contribution in [3.8, 4) is 5.75 Å². The lowest BCUT2D eigenvalue weighted by Gasteiger charge is -2.17. The molecule has 0 aliphatic heterocycles. The number of hydrogen-bond donors (Lipinski definition) is 1. The van der Waals surface area contributed by atoms with Crippen LogP contribution in [0.5, 0.6) is 5.75 Å². The van der Waals surface area contributed by atoms with Crippen molar-refractivity contribution < 1.29 is 4.74 Å². The molecule has 0 aliphatic rings. The van der Waals surface area contributed by atoms with E-state index >= 15 is 0 Å². The Morgan fingerprint density at radius 2 is 1.28 bits per heavy atom. The van der Waals surface area contributed by atoms with E-state index in [-0.39, 0.29) is 6.10 Å². The van der Waals surface area contributed by atoms with E-state index in [9.17, 15) is 0 Å². The molecule has 0 fully saturated rings. The minimum Gasteiger partial charge on any atom is -0.489 e. The highest BCUT2D eigenvalue weighted by Crippen LogP contribution is 2.20. The Morgan fingerprint density at radius 3 is 1.83 bits per heavy atom. The third-order valence-electron chi connectivity index (χ3n) is 5.81. The average Bonchev–Trinajstić information content (AvgIpc) is 2.70. The second-order valence-electron chi connectivity index (χ2n) is 9.00. The molecule has 2 heteroatoms. The SMILES string of the molecule is CCCCCCCCCCCCCCCCNCC(C)Oc1cc(C)ccc1C. The Balaban J connectivity index is 1.84. The van der Waals surface area contributed by atoms with Gasteiger partial charge in [0.05, 0.1) is 0 Å². The number of ether oxygens (including phenoxy) is 1. The lowest BCUT2D eigenvalue weighted by atomic mass is 10.0. The first kappa shape index (κ1) is 26.0. The lowest BCUT2D eigenvalue weighted by molar-refractivity contribution is 0.215. The van der Waals surface area contributed by atoms with Crippen LogP contribution in [0.3, 0.4) is 0 Å². The minimum atomic E-state index is 0.210. The van der Waals surface area contributed by atoms with Gasteiger partial charge >= 0.3 is 0 Å². The molecule has 0 saturated heterocycles. The van der Waals surface area contributed by atoms with Gasteiger partial charge in [0.25, 0.3) is 0 Å². The van der Waals surface area contributed by atoms with Gasteiger partial charge in [-0.2, -0.15) is 0 Å². The van der Waals surface area contributed by atoms with Crippen molar-refractivity contribution in [3.63, 3.8) is 0 Å². The Morgan fingerprint density at radius 1 is 0.759 bits per heavy atom. The summed E-state index contributed by atoms with van der Waals surface area (Å²) in [6, 6.07) is 6.42. The molecule has 168 valence electrons. The van der Waals surface area contributed by atoms with Gasteiger partial charge < -0.3 is 10.1 Å². The molecule has 1 rings (SSSR count). The van der Waals surface area contributed by atoms with Crippen LogP contribution in [0.2, 0.25) is 0 Å². The van der Waals surface area contributed by atoms with Gasteiger partial charge in [-0.05, 0) is 50.9 Å². The van der Waals surface area contributed by atoms with E-state index in [0.717, 1.165) is 18.8 Å². The van der Waals surface area contributed by atoms with Gasteiger partial charge in [0, 0.05) is 6.54 Å². The van der Waals surface area contributed by atoms with E-state index in [1.54, 1.807) is 0 Å². The lowest BCUT2D eigenvalue weighted by Crippen LogP contribution is -2.29. The van der Waals surface area contributed by atoms with Gasteiger partial charge in [-0.15, -0.1) is 0 Å². The maximum absolute atomic E-state index is 6.09. The summed E-state index contributed by atoms with van der Waals surface area (Å²) in [6.07, 6.45) is 20.1. The number of unbranched alkanes of at least 4 members (excludes halogenated alkanes) is 13. The first-order chi connectivity index (χ1) is 14.1. The molecule has 0 bridgehead atoms. The van der Waals surface area contributed by atoms with Gasteiger partial charge in [-0.25, -0.2) is 0 Å². The van der Waals surface area contributed by atoms with Gasteiger partial charge in [0.1, 0.15) is 11.9 Å². The summed E-state index contributed by atoms with van der Waals surface area (Å²) < 4.78 is 6.09. The van der Waals surface area contributed by atoms with E-state index < -0.39 is 0 Å². The predicted octanol–water partition coefficient (Wildman–Crippen LogP) is 8.14. The highest BCUT2D eigenvalue weighted by Gasteiger charge is 2.06. The zero-order valence-electron chi connectivity index (χ0n) is 20.0. The number of nitrogens with one attached hydrogen (secondary N) is 1. The van der Waals surface area contributed by atoms with Crippen LogP contribution in [0.25, 0.3) is 0 Å². The summed E-state index contributed by atoms with van der Waals surface area (Å²) in [5.41, 5.74) is 2.47. The van der Waals surface area contributed by atoms with Crippen LogP contribution >= 0.6 is 0 Å². The smallest absolute Gasteiger partial charge is 0.122 e. The highest BCUT2D eigenvalue weighted by atomic mass is 16.5. The summed E-state index contributed by atoms with van der Waals surface area (Å²) >= 11 is 0. The molecular formula is C27H49NO. The number of aryl methyl sites for hydroxylation is 2. The first-order valence-electron chi connectivity index (χ1n) is 12.6. The first-order valence-corrected chi connectivity index (χ1v) is 12.6. The fourth-order valence-corrected chi connectivity index (χ4v) is 3.84. The highest BCUT2D eigenvalue weighted by molar-refractivity contribution is 5.36. The van der Waals surface area contributed by atoms with E-state index in [4.69, 9.17) is 4.74 Å². The molecule has 0 aromatic heterocycles. The zero-order chi connectivity index (χ0) is 21.2. The topological polar surface area (TPSA) is 21.3 Å². The average molecular weight is 404 g/mol. The van der Waals surface area contributed by atoms with Crippen molar-refractivity contribution in [1.29, 1.82) is 0 Å².